The molecule has 0 aliphatic heterocycles. The highest BCUT2D eigenvalue weighted by Gasteiger charge is 2.29. The maximum Gasteiger partial charge on any atom is 0.0827 e. The van der Waals surface area contributed by atoms with E-state index < -0.39 is 0 Å². The van der Waals surface area contributed by atoms with E-state index in [1.165, 1.54) is 57.2 Å². The van der Waals surface area contributed by atoms with Gasteiger partial charge in [-0.15, -0.1) is 0 Å². The van der Waals surface area contributed by atoms with Gasteiger partial charge in [-0.3, -0.25) is 0 Å². The molecule has 1 unspecified atom stereocenters. The van der Waals surface area contributed by atoms with Crippen molar-refractivity contribution in [1.82, 2.24) is 4.90 Å². The third kappa shape index (κ3) is 3.63. The molecule has 0 aromatic heterocycles. The van der Waals surface area contributed by atoms with Crippen LogP contribution in [0, 0.1) is 0 Å². The van der Waals surface area contributed by atoms with E-state index in [1.807, 2.05) is 0 Å². The van der Waals surface area contributed by atoms with E-state index in [0.717, 1.165) is 31.0 Å². The molecule has 0 heterocycles. The van der Waals surface area contributed by atoms with Gasteiger partial charge in [0.05, 0.1) is 5.71 Å². The predicted molar refractivity (Wildman–Crippen MR) is 84.5 cm³/mol. The van der Waals surface area contributed by atoms with Crippen molar-refractivity contribution in [2.45, 2.75) is 77.7 Å². The number of oxime groups is 1. The van der Waals surface area contributed by atoms with Crippen molar-refractivity contribution < 1.29 is 5.21 Å². The molecule has 20 heavy (non-hydrogen) atoms. The normalized spacial score (nSPS) is 25.4. The molecule has 3 heteroatoms. The Morgan fingerprint density at radius 2 is 2.00 bits per heavy atom. The highest BCUT2D eigenvalue weighted by Crippen LogP contribution is 2.36. The fraction of sp³-hybridized carbons (Fsp3) is 0.824. The number of hydrogen-bond acceptors (Lipinski definition) is 3. The Morgan fingerprint density at radius 1 is 1.15 bits per heavy atom. The van der Waals surface area contributed by atoms with Crippen LogP contribution in [-0.4, -0.2) is 35.0 Å². The van der Waals surface area contributed by atoms with Crippen molar-refractivity contribution in [2.75, 3.05) is 13.1 Å². The standard InChI is InChI=1S/C17H30N2O/c1-3-5-12-19(11-4-2)15-9-10-16-14(13-15)7-6-8-17(16)18-20/h15,20H,3-13H2,1-2H3/b18-17+. The Kier molecular flexibility index (Phi) is 6.08. The predicted octanol–water partition coefficient (Wildman–Crippen LogP) is 4.36. The van der Waals surface area contributed by atoms with Crippen molar-refractivity contribution in [1.29, 1.82) is 0 Å². The first-order chi connectivity index (χ1) is 9.80. The minimum Gasteiger partial charge on any atom is -0.411 e. The van der Waals surface area contributed by atoms with E-state index >= 15 is 0 Å². The van der Waals surface area contributed by atoms with Crippen LogP contribution in [0.4, 0.5) is 0 Å². The van der Waals surface area contributed by atoms with Gasteiger partial charge in [0, 0.05) is 6.04 Å². The number of allylic oxidation sites excluding steroid dienone is 1. The van der Waals surface area contributed by atoms with Crippen LogP contribution in [0.1, 0.15) is 71.6 Å². The van der Waals surface area contributed by atoms with Gasteiger partial charge in [-0.2, -0.15) is 0 Å². The quantitative estimate of drug-likeness (QED) is 0.579. The highest BCUT2D eigenvalue weighted by atomic mass is 16.4. The van der Waals surface area contributed by atoms with Crippen LogP contribution in [-0.2, 0) is 0 Å². The molecule has 1 N–H and O–H groups in total. The SMILES string of the molecule is CCCCN(CCC)C1CCC2=C(CCC/C2=N\O)C1. The average molecular weight is 278 g/mol. The lowest BCUT2D eigenvalue weighted by Gasteiger charge is -2.37. The summed E-state index contributed by atoms with van der Waals surface area (Å²) in [7, 11) is 0. The first kappa shape index (κ1) is 15.6. The van der Waals surface area contributed by atoms with Crippen LogP contribution in [0.3, 0.4) is 0 Å². The number of hydrogen-bond donors (Lipinski definition) is 1. The van der Waals surface area contributed by atoms with E-state index in [9.17, 15) is 0 Å². The van der Waals surface area contributed by atoms with E-state index in [0.29, 0.717) is 0 Å². The second-order valence-electron chi connectivity index (χ2n) is 6.27. The second-order valence-corrected chi connectivity index (χ2v) is 6.27. The Balaban J connectivity index is 2.04. The molecule has 1 atom stereocenters. The zero-order chi connectivity index (χ0) is 14.4. The van der Waals surface area contributed by atoms with Crippen molar-refractivity contribution >= 4 is 5.71 Å². The summed E-state index contributed by atoms with van der Waals surface area (Å²) in [6, 6.07) is 0.721. The summed E-state index contributed by atoms with van der Waals surface area (Å²) in [5.41, 5.74) is 3.94. The van der Waals surface area contributed by atoms with Crippen LogP contribution in [0.5, 0.6) is 0 Å². The summed E-state index contributed by atoms with van der Waals surface area (Å²) in [4.78, 5) is 2.71. The van der Waals surface area contributed by atoms with Gasteiger partial charge in [0.2, 0.25) is 0 Å². The molecule has 0 bridgehead atoms. The molecule has 0 spiro atoms. The van der Waals surface area contributed by atoms with Gasteiger partial charge < -0.3 is 10.1 Å². The van der Waals surface area contributed by atoms with Gasteiger partial charge in [-0.1, -0.05) is 31.0 Å². The maximum atomic E-state index is 9.15. The molecule has 0 aromatic rings. The van der Waals surface area contributed by atoms with E-state index in [1.54, 1.807) is 5.57 Å². The molecular formula is C17H30N2O. The zero-order valence-corrected chi connectivity index (χ0v) is 13.2. The summed E-state index contributed by atoms with van der Waals surface area (Å²) < 4.78 is 0. The summed E-state index contributed by atoms with van der Waals surface area (Å²) in [5.74, 6) is 0. The Hall–Kier alpha value is -0.830. The fourth-order valence-electron chi connectivity index (χ4n) is 3.77. The van der Waals surface area contributed by atoms with Crippen molar-refractivity contribution in [3.05, 3.63) is 11.1 Å². The Morgan fingerprint density at radius 3 is 2.70 bits per heavy atom. The van der Waals surface area contributed by atoms with Gasteiger partial charge in [-0.25, -0.2) is 0 Å². The molecule has 2 rings (SSSR count). The van der Waals surface area contributed by atoms with Gasteiger partial charge in [0.25, 0.3) is 0 Å². The summed E-state index contributed by atoms with van der Waals surface area (Å²) in [6.45, 7) is 7.03. The largest absolute Gasteiger partial charge is 0.411 e. The number of rotatable bonds is 6. The third-order valence-electron chi connectivity index (χ3n) is 4.82. The van der Waals surface area contributed by atoms with Gasteiger partial charge in [0.15, 0.2) is 0 Å². The lowest BCUT2D eigenvalue weighted by atomic mass is 9.78. The van der Waals surface area contributed by atoms with Crippen molar-refractivity contribution in [3.8, 4) is 0 Å². The first-order valence-corrected chi connectivity index (χ1v) is 8.46. The van der Waals surface area contributed by atoms with Crippen LogP contribution in [0.25, 0.3) is 0 Å². The van der Waals surface area contributed by atoms with Gasteiger partial charge >= 0.3 is 0 Å². The molecule has 3 nitrogen and oxygen atoms in total. The van der Waals surface area contributed by atoms with E-state index in [4.69, 9.17) is 5.21 Å². The summed E-state index contributed by atoms with van der Waals surface area (Å²) >= 11 is 0. The highest BCUT2D eigenvalue weighted by molar-refractivity contribution is 6.01. The first-order valence-electron chi connectivity index (χ1n) is 8.46. The minimum atomic E-state index is 0.721. The fourth-order valence-corrected chi connectivity index (χ4v) is 3.77. The molecule has 0 radical (unpaired) electrons. The number of unbranched alkanes of at least 4 members (excludes halogenated alkanes) is 1. The van der Waals surface area contributed by atoms with Crippen LogP contribution in [0.2, 0.25) is 0 Å². The Labute approximate surface area is 123 Å². The molecule has 0 saturated heterocycles. The van der Waals surface area contributed by atoms with E-state index in [2.05, 4.69) is 23.9 Å². The van der Waals surface area contributed by atoms with Gasteiger partial charge in [-0.05, 0) is 70.0 Å². The third-order valence-corrected chi connectivity index (χ3v) is 4.82. The molecule has 0 amide bonds. The molecule has 114 valence electrons. The summed E-state index contributed by atoms with van der Waals surface area (Å²) in [5, 5.41) is 12.7. The smallest absolute Gasteiger partial charge is 0.0827 e. The molecule has 2 aliphatic carbocycles. The monoisotopic (exact) mass is 278 g/mol. The summed E-state index contributed by atoms with van der Waals surface area (Å²) in [6.07, 6.45) is 10.7. The molecular weight excluding hydrogens is 248 g/mol. The topological polar surface area (TPSA) is 35.8 Å². The van der Waals surface area contributed by atoms with Gasteiger partial charge in [0.1, 0.15) is 0 Å². The van der Waals surface area contributed by atoms with Crippen LogP contribution < -0.4 is 0 Å². The minimum absolute atomic E-state index is 0.721. The van der Waals surface area contributed by atoms with Crippen LogP contribution in [0.15, 0.2) is 16.3 Å². The molecule has 2 aliphatic rings. The Bertz CT molecular complexity index is 373. The molecule has 0 aromatic carbocycles. The zero-order valence-electron chi connectivity index (χ0n) is 13.2. The second kappa shape index (κ2) is 7.82. The lowest BCUT2D eigenvalue weighted by Crippen LogP contribution is -2.39. The molecule has 0 saturated carbocycles. The van der Waals surface area contributed by atoms with E-state index in [-0.39, 0.29) is 0 Å². The molecule has 0 fully saturated rings. The van der Waals surface area contributed by atoms with Crippen molar-refractivity contribution in [3.63, 3.8) is 0 Å². The van der Waals surface area contributed by atoms with Crippen LogP contribution >= 0.6 is 0 Å². The number of nitrogens with zero attached hydrogens (tertiary/aromatic N) is 2. The van der Waals surface area contributed by atoms with Crippen molar-refractivity contribution in [2.24, 2.45) is 5.16 Å². The maximum absolute atomic E-state index is 9.15. The lowest BCUT2D eigenvalue weighted by molar-refractivity contribution is 0.176. The average Bonchev–Trinajstić information content (AvgIpc) is 2.50.